The lowest BCUT2D eigenvalue weighted by molar-refractivity contribution is -0.132. The van der Waals surface area contributed by atoms with E-state index < -0.39 is 17.7 Å². The van der Waals surface area contributed by atoms with Crippen LogP contribution >= 0.6 is 0 Å². The minimum Gasteiger partial charge on any atom is -0.507 e. The van der Waals surface area contributed by atoms with Crippen molar-refractivity contribution in [3.05, 3.63) is 95.1 Å². The van der Waals surface area contributed by atoms with E-state index in [9.17, 15) is 19.5 Å². The molecule has 4 rings (SSSR count). The number of benzene rings is 3. The van der Waals surface area contributed by atoms with Crippen molar-refractivity contribution < 1.29 is 24.2 Å². The number of para-hydroxylation sites is 1. The minimum absolute atomic E-state index is 0.0336. The van der Waals surface area contributed by atoms with E-state index in [0.29, 0.717) is 28.3 Å². The Balaban J connectivity index is 1.94. The van der Waals surface area contributed by atoms with Gasteiger partial charge >= 0.3 is 0 Å². The summed E-state index contributed by atoms with van der Waals surface area (Å²) in [6.07, 6.45) is 0.831. The first-order valence-electron chi connectivity index (χ1n) is 11.3. The number of Topliss-reactive ketones (excluding diaryl/α,β-unsaturated/α-hetero) is 1. The van der Waals surface area contributed by atoms with Crippen LogP contribution in [0, 0.1) is 0 Å². The number of ether oxygens (including phenoxy) is 1. The van der Waals surface area contributed by atoms with Gasteiger partial charge in [-0.25, -0.2) is 0 Å². The summed E-state index contributed by atoms with van der Waals surface area (Å²) in [4.78, 5) is 39.6. The van der Waals surface area contributed by atoms with Gasteiger partial charge < -0.3 is 15.2 Å². The van der Waals surface area contributed by atoms with Gasteiger partial charge in [-0.05, 0) is 36.2 Å². The molecule has 0 spiro atoms. The Hall–Kier alpha value is -4.39. The first kappa shape index (κ1) is 23.8. The molecule has 1 saturated heterocycles. The van der Waals surface area contributed by atoms with Crippen LogP contribution in [-0.4, -0.2) is 29.8 Å². The number of amides is 2. The zero-order chi connectivity index (χ0) is 25.1. The second kappa shape index (κ2) is 9.85. The maximum atomic E-state index is 13.4. The quantitative estimate of drug-likeness (QED) is 0.305. The molecule has 1 aliphatic rings. The minimum atomic E-state index is -0.940. The van der Waals surface area contributed by atoms with Crippen molar-refractivity contribution in [2.24, 2.45) is 0 Å². The van der Waals surface area contributed by atoms with Crippen molar-refractivity contribution >= 4 is 34.7 Å². The molecule has 0 aliphatic carbocycles. The molecule has 2 amide bonds. The molecule has 35 heavy (non-hydrogen) atoms. The number of aliphatic hydroxyl groups is 1. The van der Waals surface area contributed by atoms with Gasteiger partial charge in [0.05, 0.1) is 18.7 Å². The molecular weight excluding hydrogens is 444 g/mol. The van der Waals surface area contributed by atoms with Gasteiger partial charge in [0.2, 0.25) is 5.91 Å². The van der Waals surface area contributed by atoms with Gasteiger partial charge in [-0.2, -0.15) is 0 Å². The average Bonchev–Trinajstić information content (AvgIpc) is 3.13. The highest BCUT2D eigenvalue weighted by atomic mass is 16.5. The van der Waals surface area contributed by atoms with Crippen LogP contribution in [0.1, 0.15) is 36.6 Å². The first-order chi connectivity index (χ1) is 16.8. The SMILES string of the molecule is CCc1ccc(/C(O)=C2\C(=O)C(=O)N(c3cccc(NC(C)=O)c3)C2c2ccccc2OC)cc1. The summed E-state index contributed by atoms with van der Waals surface area (Å²) in [5.41, 5.74) is 2.91. The van der Waals surface area contributed by atoms with Crippen LogP contribution in [0.15, 0.2) is 78.4 Å². The number of rotatable bonds is 6. The van der Waals surface area contributed by atoms with Crippen molar-refractivity contribution in [2.45, 2.75) is 26.3 Å². The molecule has 0 saturated carbocycles. The van der Waals surface area contributed by atoms with E-state index in [1.165, 1.54) is 18.9 Å². The van der Waals surface area contributed by atoms with Gasteiger partial charge in [-0.3, -0.25) is 19.3 Å². The second-order valence-corrected chi connectivity index (χ2v) is 8.19. The Morgan fingerprint density at radius 2 is 1.74 bits per heavy atom. The Kier molecular flexibility index (Phi) is 6.68. The number of aryl methyl sites for hydroxylation is 1. The van der Waals surface area contributed by atoms with E-state index >= 15 is 0 Å². The molecule has 1 heterocycles. The molecular formula is C28H26N2O5. The number of carbonyl (C=O) groups is 3. The van der Waals surface area contributed by atoms with Crippen LogP contribution in [0.4, 0.5) is 11.4 Å². The maximum Gasteiger partial charge on any atom is 0.300 e. The van der Waals surface area contributed by atoms with Crippen LogP contribution in [0.2, 0.25) is 0 Å². The van der Waals surface area contributed by atoms with Gasteiger partial charge in [0.15, 0.2) is 0 Å². The third kappa shape index (κ3) is 4.53. The largest absolute Gasteiger partial charge is 0.507 e. The number of hydrogen-bond donors (Lipinski definition) is 2. The van der Waals surface area contributed by atoms with Crippen molar-refractivity contribution in [1.29, 1.82) is 0 Å². The Morgan fingerprint density at radius 1 is 1.03 bits per heavy atom. The molecule has 0 bridgehead atoms. The molecule has 2 N–H and O–H groups in total. The molecule has 0 aromatic heterocycles. The van der Waals surface area contributed by atoms with Crippen LogP contribution in [-0.2, 0) is 20.8 Å². The van der Waals surface area contributed by atoms with E-state index in [1.807, 2.05) is 19.1 Å². The number of nitrogens with one attached hydrogen (secondary N) is 1. The normalized spacial score (nSPS) is 16.9. The summed E-state index contributed by atoms with van der Waals surface area (Å²) in [6.45, 7) is 3.41. The molecule has 7 heteroatoms. The van der Waals surface area contributed by atoms with Crippen LogP contribution in [0.3, 0.4) is 0 Å². The predicted octanol–water partition coefficient (Wildman–Crippen LogP) is 4.84. The molecule has 1 aliphatic heterocycles. The van der Waals surface area contributed by atoms with Gasteiger partial charge in [0.25, 0.3) is 11.7 Å². The summed E-state index contributed by atoms with van der Waals surface area (Å²) >= 11 is 0. The molecule has 1 fully saturated rings. The maximum absolute atomic E-state index is 13.4. The number of nitrogens with zero attached hydrogens (tertiary/aromatic N) is 1. The van der Waals surface area contributed by atoms with Gasteiger partial charge in [0.1, 0.15) is 11.5 Å². The van der Waals surface area contributed by atoms with E-state index in [-0.39, 0.29) is 17.2 Å². The van der Waals surface area contributed by atoms with E-state index in [1.54, 1.807) is 60.7 Å². The van der Waals surface area contributed by atoms with E-state index in [2.05, 4.69) is 5.32 Å². The van der Waals surface area contributed by atoms with Crippen LogP contribution < -0.4 is 15.0 Å². The lowest BCUT2D eigenvalue weighted by Crippen LogP contribution is -2.29. The zero-order valence-electron chi connectivity index (χ0n) is 19.7. The molecule has 3 aromatic carbocycles. The highest BCUT2D eigenvalue weighted by molar-refractivity contribution is 6.51. The molecule has 7 nitrogen and oxygen atoms in total. The molecule has 0 radical (unpaired) electrons. The smallest absolute Gasteiger partial charge is 0.300 e. The highest BCUT2D eigenvalue weighted by Crippen LogP contribution is 2.45. The summed E-state index contributed by atoms with van der Waals surface area (Å²) in [7, 11) is 1.51. The molecule has 1 atom stereocenters. The van der Waals surface area contributed by atoms with Crippen molar-refractivity contribution in [3.8, 4) is 5.75 Å². The number of carbonyl (C=O) groups excluding carboxylic acids is 3. The third-order valence-electron chi connectivity index (χ3n) is 5.96. The Morgan fingerprint density at radius 3 is 2.40 bits per heavy atom. The van der Waals surface area contributed by atoms with E-state index in [0.717, 1.165) is 12.0 Å². The standard InChI is InChI=1S/C28H26N2O5/c1-4-18-12-14-19(15-13-18)26(32)24-25(22-10-5-6-11-23(22)35-3)30(28(34)27(24)33)21-9-7-8-20(16-21)29-17(2)31/h5-16,25,32H,4H2,1-3H3,(H,29,31)/b26-24+. The fraction of sp³-hybridized carbons (Fsp3) is 0.179. The van der Waals surface area contributed by atoms with Crippen LogP contribution in [0.25, 0.3) is 5.76 Å². The highest BCUT2D eigenvalue weighted by Gasteiger charge is 2.48. The van der Waals surface area contributed by atoms with Gasteiger partial charge in [0, 0.05) is 29.4 Å². The van der Waals surface area contributed by atoms with Crippen molar-refractivity contribution in [2.75, 3.05) is 17.3 Å². The number of hydrogen-bond acceptors (Lipinski definition) is 5. The topological polar surface area (TPSA) is 95.9 Å². The van der Waals surface area contributed by atoms with Gasteiger partial charge in [-0.1, -0.05) is 55.5 Å². The average molecular weight is 471 g/mol. The summed E-state index contributed by atoms with van der Waals surface area (Å²) in [5.74, 6) is -1.64. The monoisotopic (exact) mass is 470 g/mol. The van der Waals surface area contributed by atoms with Gasteiger partial charge in [-0.15, -0.1) is 0 Å². The fourth-order valence-corrected chi connectivity index (χ4v) is 4.28. The molecule has 1 unspecified atom stereocenters. The zero-order valence-corrected chi connectivity index (χ0v) is 19.7. The molecule has 3 aromatic rings. The number of ketones is 1. The van der Waals surface area contributed by atoms with Crippen molar-refractivity contribution in [3.63, 3.8) is 0 Å². The van der Waals surface area contributed by atoms with E-state index in [4.69, 9.17) is 4.74 Å². The second-order valence-electron chi connectivity index (χ2n) is 8.19. The predicted molar refractivity (Wildman–Crippen MR) is 134 cm³/mol. The number of methoxy groups -OCH3 is 1. The van der Waals surface area contributed by atoms with Crippen LogP contribution in [0.5, 0.6) is 5.75 Å². The Bertz CT molecular complexity index is 1330. The first-order valence-corrected chi connectivity index (χ1v) is 11.3. The van der Waals surface area contributed by atoms with Crippen molar-refractivity contribution in [1.82, 2.24) is 0 Å². The summed E-state index contributed by atoms with van der Waals surface area (Å²) < 4.78 is 5.54. The summed E-state index contributed by atoms with van der Waals surface area (Å²) in [5, 5.41) is 14.0. The number of anilines is 2. The molecule has 178 valence electrons. The lowest BCUT2D eigenvalue weighted by atomic mass is 9.94. The Labute approximate surface area is 203 Å². The summed E-state index contributed by atoms with van der Waals surface area (Å²) in [6, 6.07) is 20.0. The number of aliphatic hydroxyl groups excluding tert-OH is 1. The fourth-order valence-electron chi connectivity index (χ4n) is 4.28. The lowest BCUT2D eigenvalue weighted by Gasteiger charge is -2.27. The third-order valence-corrected chi connectivity index (χ3v) is 5.96.